The maximum atomic E-state index is 5.17. The van der Waals surface area contributed by atoms with Crippen LogP contribution in [-0.4, -0.2) is 14.5 Å². The molecule has 0 unspecified atom stereocenters. The van der Waals surface area contributed by atoms with Crippen molar-refractivity contribution >= 4 is 80.2 Å². The lowest BCUT2D eigenvalue weighted by molar-refractivity contribution is 1.14. The molecular formula is C49H31N3S3. The Kier molecular flexibility index (Phi) is 7.80. The summed E-state index contributed by atoms with van der Waals surface area (Å²) in [6.45, 7) is 0. The average Bonchev–Trinajstić information content (AvgIpc) is 3.96. The lowest BCUT2D eigenvalue weighted by Gasteiger charge is -2.11. The van der Waals surface area contributed by atoms with Gasteiger partial charge in [-0.15, -0.1) is 34.0 Å². The summed E-state index contributed by atoms with van der Waals surface area (Å²) in [6, 6.07) is 47.7. The van der Waals surface area contributed by atoms with Crippen LogP contribution in [0.5, 0.6) is 0 Å². The van der Waals surface area contributed by atoms with Gasteiger partial charge >= 0.3 is 0 Å². The first kappa shape index (κ1) is 32.3. The topological polar surface area (TPSA) is 30.7 Å². The Morgan fingerprint density at radius 2 is 1.16 bits per heavy atom. The second-order valence-corrected chi connectivity index (χ2v) is 16.5. The van der Waals surface area contributed by atoms with Gasteiger partial charge < -0.3 is 4.57 Å². The van der Waals surface area contributed by atoms with E-state index in [9.17, 15) is 0 Å². The third kappa shape index (κ3) is 5.52. The fourth-order valence-electron chi connectivity index (χ4n) is 7.80. The van der Waals surface area contributed by atoms with E-state index in [-0.39, 0.29) is 0 Å². The predicted molar refractivity (Wildman–Crippen MR) is 238 cm³/mol. The van der Waals surface area contributed by atoms with Gasteiger partial charge in [0.05, 0.1) is 41.2 Å². The van der Waals surface area contributed by atoms with Crippen molar-refractivity contribution < 1.29 is 0 Å². The molecule has 3 nitrogen and oxygen atoms in total. The van der Waals surface area contributed by atoms with Gasteiger partial charge in [-0.05, 0) is 65.6 Å². The largest absolute Gasteiger partial charge is 0.309 e. The number of hydrogen-bond donors (Lipinski definition) is 0. The summed E-state index contributed by atoms with van der Waals surface area (Å²) in [5.41, 5.74) is 13.8. The number of nitrogens with zero attached hydrogens (tertiary/aromatic N) is 3. The van der Waals surface area contributed by atoms with Crippen LogP contribution in [0, 0.1) is 0 Å². The van der Waals surface area contributed by atoms with Crippen molar-refractivity contribution in [2.24, 2.45) is 0 Å². The van der Waals surface area contributed by atoms with Crippen molar-refractivity contribution in [3.05, 3.63) is 180 Å². The second kappa shape index (κ2) is 13.3. The van der Waals surface area contributed by atoms with E-state index in [0.717, 1.165) is 34.8 Å². The number of benzene rings is 5. The highest BCUT2D eigenvalue weighted by atomic mass is 32.1. The van der Waals surface area contributed by atoms with Crippen molar-refractivity contribution in [1.82, 2.24) is 14.5 Å². The lowest BCUT2D eigenvalue weighted by atomic mass is 10.0. The number of fused-ring (bicyclic) bond motifs is 6. The molecule has 10 aromatic rings. The molecule has 5 aromatic carbocycles. The van der Waals surface area contributed by atoms with Gasteiger partial charge in [-0.3, -0.25) is 0 Å². The summed E-state index contributed by atoms with van der Waals surface area (Å²) in [4.78, 5) is 10.3. The van der Waals surface area contributed by atoms with Crippen molar-refractivity contribution in [2.75, 3.05) is 0 Å². The minimum absolute atomic E-state index is 0.737. The van der Waals surface area contributed by atoms with Gasteiger partial charge in [0.2, 0.25) is 0 Å². The highest BCUT2D eigenvalue weighted by molar-refractivity contribution is 7.38. The zero-order valence-corrected chi connectivity index (χ0v) is 32.0. The van der Waals surface area contributed by atoms with Crippen molar-refractivity contribution in [1.29, 1.82) is 0 Å². The Balaban J connectivity index is 1.01. The van der Waals surface area contributed by atoms with Crippen LogP contribution in [0.25, 0.3) is 96.8 Å². The van der Waals surface area contributed by atoms with E-state index >= 15 is 0 Å². The van der Waals surface area contributed by atoms with Crippen LogP contribution in [-0.2, 0) is 0 Å². The van der Waals surface area contributed by atoms with Crippen LogP contribution in [0.3, 0.4) is 0 Å². The first-order valence-corrected chi connectivity index (χ1v) is 20.9. The molecule has 0 fully saturated rings. The molecule has 5 heterocycles. The van der Waals surface area contributed by atoms with Gasteiger partial charge in [-0.1, -0.05) is 121 Å². The smallest absolute Gasteiger partial charge is 0.160 e. The third-order valence-electron chi connectivity index (χ3n) is 10.4. The van der Waals surface area contributed by atoms with Crippen molar-refractivity contribution in [2.45, 2.75) is 6.42 Å². The van der Waals surface area contributed by atoms with Crippen LogP contribution < -0.4 is 0 Å². The zero-order chi connectivity index (χ0) is 36.3. The van der Waals surface area contributed by atoms with Gasteiger partial charge in [-0.2, -0.15) is 0 Å². The summed E-state index contributed by atoms with van der Waals surface area (Å²) in [5, 5.41) is 7.22. The van der Waals surface area contributed by atoms with Crippen LogP contribution in [0.15, 0.2) is 175 Å². The van der Waals surface area contributed by atoms with E-state index in [0.29, 0.717) is 0 Å². The highest BCUT2D eigenvalue weighted by Gasteiger charge is 2.20. The quantitative estimate of drug-likeness (QED) is 0.169. The molecule has 0 aliphatic heterocycles. The van der Waals surface area contributed by atoms with Gasteiger partial charge in [0.15, 0.2) is 5.82 Å². The number of para-hydroxylation sites is 2. The second-order valence-electron chi connectivity index (χ2n) is 13.8. The van der Waals surface area contributed by atoms with E-state index in [4.69, 9.17) is 9.97 Å². The molecule has 0 bridgehead atoms. The van der Waals surface area contributed by atoms with Crippen LogP contribution in [0.2, 0.25) is 0 Å². The van der Waals surface area contributed by atoms with E-state index in [1.165, 1.54) is 74.1 Å². The minimum atomic E-state index is 0.737. The molecule has 0 saturated carbocycles. The Hall–Kier alpha value is -6.18. The summed E-state index contributed by atoms with van der Waals surface area (Å²) >= 11 is 5.63. The molecule has 0 spiro atoms. The van der Waals surface area contributed by atoms with Gasteiger partial charge in [0, 0.05) is 49.5 Å². The Morgan fingerprint density at radius 1 is 0.491 bits per heavy atom. The summed E-state index contributed by atoms with van der Waals surface area (Å²) < 4.78 is 7.82. The highest BCUT2D eigenvalue weighted by Crippen LogP contribution is 2.50. The van der Waals surface area contributed by atoms with Gasteiger partial charge in [-0.25, -0.2) is 9.97 Å². The lowest BCUT2D eigenvalue weighted by Crippen LogP contribution is -1.98. The average molecular weight is 758 g/mol. The van der Waals surface area contributed by atoms with Gasteiger partial charge in [0.1, 0.15) is 0 Å². The van der Waals surface area contributed by atoms with E-state index < -0.39 is 0 Å². The molecule has 0 atom stereocenters. The maximum absolute atomic E-state index is 5.17. The Bertz CT molecular complexity index is 3170. The fourth-order valence-corrected chi connectivity index (χ4v) is 11.9. The Morgan fingerprint density at radius 3 is 1.98 bits per heavy atom. The normalized spacial score (nSPS) is 13.0. The fraction of sp³-hybridized carbons (Fsp3) is 0.0204. The van der Waals surface area contributed by atoms with E-state index in [1.807, 2.05) is 40.1 Å². The molecule has 1 aliphatic rings. The molecular weight excluding hydrogens is 727 g/mol. The minimum Gasteiger partial charge on any atom is -0.309 e. The van der Waals surface area contributed by atoms with Crippen LogP contribution in [0.4, 0.5) is 0 Å². The van der Waals surface area contributed by atoms with Gasteiger partial charge in [0.25, 0.3) is 0 Å². The Labute approximate surface area is 330 Å². The van der Waals surface area contributed by atoms with E-state index in [2.05, 4.69) is 173 Å². The molecule has 0 N–H and O–H groups in total. The molecule has 0 saturated heterocycles. The molecule has 11 rings (SSSR count). The molecule has 55 heavy (non-hydrogen) atoms. The predicted octanol–water partition coefficient (Wildman–Crippen LogP) is 14.6. The van der Waals surface area contributed by atoms with Crippen LogP contribution in [0.1, 0.15) is 12.1 Å². The maximum Gasteiger partial charge on any atom is 0.160 e. The molecule has 0 amide bonds. The number of allylic oxidation sites excluding steroid dienone is 6. The number of thiophene rings is 3. The summed E-state index contributed by atoms with van der Waals surface area (Å²) in [6.07, 6.45) is 11.4. The first-order chi connectivity index (χ1) is 27.3. The van der Waals surface area contributed by atoms with Crippen LogP contribution >= 0.6 is 34.0 Å². The zero-order valence-electron chi connectivity index (χ0n) is 29.5. The van der Waals surface area contributed by atoms with E-state index in [1.54, 1.807) is 0 Å². The van der Waals surface area contributed by atoms with Crippen molar-refractivity contribution in [3.8, 4) is 50.6 Å². The molecule has 0 radical (unpaired) electrons. The standard InChI is InChI=1S/C49H31N3S3/c1-2-6-15-31(14-5-1)41-28-42(32-16-7-3-8-17-32)51-49(50-41)35-19-13-18-33(26-35)39-29-53-47-45(39)55-46-40(30-54-48(46)47)34-24-25-44-38(27-34)37-22-11-12-23-43(37)52(44)36-20-9-4-10-21-36/h1-14,16-30H,15H2. The summed E-state index contributed by atoms with van der Waals surface area (Å²) in [7, 11) is 0. The van der Waals surface area contributed by atoms with Crippen molar-refractivity contribution in [3.63, 3.8) is 0 Å². The molecule has 6 heteroatoms. The number of aromatic nitrogens is 3. The molecule has 5 aromatic heterocycles. The molecule has 260 valence electrons. The number of rotatable bonds is 6. The molecule has 1 aliphatic carbocycles. The first-order valence-electron chi connectivity index (χ1n) is 18.3. The monoisotopic (exact) mass is 757 g/mol. The summed E-state index contributed by atoms with van der Waals surface area (Å²) in [5.74, 6) is 0.737. The number of hydrogen-bond acceptors (Lipinski definition) is 5. The SMILES string of the molecule is C1=CC=C(c2cc(-c3ccccc3)nc(-c3cccc(-c4csc5c4sc4c(-c6ccc7c(c6)c6ccccc6n7-c6ccccc6)csc45)c3)n2)CC=C1. The third-order valence-corrected chi connectivity index (χ3v) is 14.1.